The molecule has 1 aliphatic heterocycles. The molecule has 1 heterocycles. The summed E-state index contributed by atoms with van der Waals surface area (Å²) in [5, 5.41) is 3.04. The molecule has 3 aromatic carbocycles. The highest BCUT2D eigenvalue weighted by molar-refractivity contribution is 7.92. The van der Waals surface area contributed by atoms with Crippen LogP contribution in [0, 0.1) is 0 Å². The maximum absolute atomic E-state index is 13.6. The van der Waals surface area contributed by atoms with Crippen molar-refractivity contribution >= 4 is 44.8 Å². The molecule has 4 rings (SSSR count). The van der Waals surface area contributed by atoms with Crippen LogP contribution in [0.3, 0.4) is 0 Å². The van der Waals surface area contributed by atoms with Gasteiger partial charge < -0.3 is 15.0 Å². The SMILES string of the molecule is CN(c1cc(C(=O)N2CC(C(=O)NCc3ccccc3)Oc3ccccc32)ccc1Cl)S(C)(=O)=O. The van der Waals surface area contributed by atoms with Gasteiger partial charge in [-0.2, -0.15) is 0 Å². The number of hydrogen-bond acceptors (Lipinski definition) is 5. The number of anilines is 2. The highest BCUT2D eigenvalue weighted by Crippen LogP contribution is 2.35. The first kappa shape index (κ1) is 24.6. The van der Waals surface area contributed by atoms with E-state index in [1.54, 1.807) is 24.3 Å². The summed E-state index contributed by atoms with van der Waals surface area (Å²) in [6, 6.07) is 20.8. The summed E-state index contributed by atoms with van der Waals surface area (Å²) in [6.45, 7) is 0.309. The van der Waals surface area contributed by atoms with Crippen molar-refractivity contribution in [1.29, 1.82) is 0 Å². The van der Waals surface area contributed by atoms with Crippen LogP contribution in [0.4, 0.5) is 11.4 Å². The van der Waals surface area contributed by atoms with Gasteiger partial charge in [0.05, 0.1) is 29.2 Å². The summed E-state index contributed by atoms with van der Waals surface area (Å²) < 4.78 is 31.0. The van der Waals surface area contributed by atoms with E-state index in [2.05, 4.69) is 5.32 Å². The van der Waals surface area contributed by atoms with Crippen LogP contribution in [0.2, 0.25) is 5.02 Å². The molecule has 0 aromatic heterocycles. The van der Waals surface area contributed by atoms with Crippen LogP contribution in [0.25, 0.3) is 0 Å². The van der Waals surface area contributed by atoms with E-state index in [4.69, 9.17) is 16.3 Å². The van der Waals surface area contributed by atoms with Gasteiger partial charge in [0.15, 0.2) is 6.10 Å². The summed E-state index contributed by atoms with van der Waals surface area (Å²) in [4.78, 5) is 28.0. The smallest absolute Gasteiger partial charge is 0.263 e. The van der Waals surface area contributed by atoms with Gasteiger partial charge in [-0.3, -0.25) is 13.9 Å². The lowest BCUT2D eigenvalue weighted by atomic mass is 10.1. The van der Waals surface area contributed by atoms with Gasteiger partial charge in [-0.1, -0.05) is 54.1 Å². The topological polar surface area (TPSA) is 96.0 Å². The number of nitrogens with zero attached hydrogens (tertiary/aromatic N) is 2. The first-order chi connectivity index (χ1) is 16.6. The van der Waals surface area contributed by atoms with Crippen LogP contribution < -0.4 is 19.3 Å². The highest BCUT2D eigenvalue weighted by atomic mass is 35.5. The first-order valence-corrected chi connectivity index (χ1v) is 13.0. The number of carbonyl (C=O) groups is 2. The van der Waals surface area contributed by atoms with Gasteiger partial charge in [-0.05, 0) is 35.9 Å². The number of rotatable bonds is 6. The summed E-state index contributed by atoms with van der Waals surface area (Å²) in [7, 11) is -2.23. The predicted octanol–water partition coefficient (Wildman–Crippen LogP) is 3.46. The van der Waals surface area contributed by atoms with Gasteiger partial charge in [-0.25, -0.2) is 8.42 Å². The number of ether oxygens (including phenoxy) is 1. The standard InChI is InChI=1S/C25H24ClN3O5S/c1-28(35(2,32)33)21-14-18(12-13-19(21)26)25(31)29-16-23(34-22-11-7-6-10-20(22)29)24(30)27-15-17-8-4-3-5-9-17/h3-14,23H,15-16H2,1-2H3,(H,27,30). The Balaban J connectivity index is 1.61. The molecule has 1 aliphatic rings. The molecule has 10 heteroatoms. The molecule has 0 bridgehead atoms. The van der Waals surface area contributed by atoms with E-state index in [1.807, 2.05) is 30.3 Å². The van der Waals surface area contributed by atoms with Gasteiger partial charge in [0, 0.05) is 19.2 Å². The molecular formula is C25H24ClN3O5S. The third-order valence-electron chi connectivity index (χ3n) is 5.65. The number of hydrogen-bond donors (Lipinski definition) is 1. The van der Waals surface area contributed by atoms with Crippen molar-refractivity contribution in [2.75, 3.05) is 29.1 Å². The third kappa shape index (κ3) is 5.41. The van der Waals surface area contributed by atoms with Crippen molar-refractivity contribution in [3.63, 3.8) is 0 Å². The number of para-hydroxylation sites is 2. The van der Waals surface area contributed by atoms with Crippen LogP contribution in [-0.4, -0.2) is 46.2 Å². The van der Waals surface area contributed by atoms with E-state index < -0.39 is 22.0 Å². The average molecular weight is 514 g/mol. The maximum Gasteiger partial charge on any atom is 0.263 e. The number of benzene rings is 3. The van der Waals surface area contributed by atoms with E-state index in [0.29, 0.717) is 18.0 Å². The van der Waals surface area contributed by atoms with Crippen molar-refractivity contribution in [3.8, 4) is 5.75 Å². The molecule has 0 spiro atoms. The minimum absolute atomic E-state index is 0.0175. The maximum atomic E-state index is 13.6. The second-order valence-electron chi connectivity index (χ2n) is 8.09. The lowest BCUT2D eigenvalue weighted by Gasteiger charge is -2.34. The number of amides is 2. The summed E-state index contributed by atoms with van der Waals surface area (Å²) >= 11 is 6.21. The van der Waals surface area contributed by atoms with E-state index in [1.165, 1.54) is 30.1 Å². The average Bonchev–Trinajstić information content (AvgIpc) is 2.86. The Bertz CT molecular complexity index is 1360. The van der Waals surface area contributed by atoms with Gasteiger partial charge in [0.1, 0.15) is 5.75 Å². The zero-order valence-electron chi connectivity index (χ0n) is 19.1. The molecule has 182 valence electrons. The largest absolute Gasteiger partial charge is 0.477 e. The van der Waals surface area contributed by atoms with E-state index in [9.17, 15) is 18.0 Å². The summed E-state index contributed by atoms with van der Waals surface area (Å²) in [5.74, 6) is -0.370. The van der Waals surface area contributed by atoms with Crippen LogP contribution in [0.5, 0.6) is 5.75 Å². The molecule has 0 radical (unpaired) electrons. The van der Waals surface area contributed by atoms with E-state index >= 15 is 0 Å². The molecule has 1 atom stereocenters. The molecule has 0 fully saturated rings. The number of halogens is 1. The monoisotopic (exact) mass is 513 g/mol. The first-order valence-electron chi connectivity index (χ1n) is 10.8. The zero-order valence-corrected chi connectivity index (χ0v) is 20.7. The van der Waals surface area contributed by atoms with Crippen LogP contribution in [0.1, 0.15) is 15.9 Å². The summed E-state index contributed by atoms with van der Waals surface area (Å²) in [6.07, 6.45) is 0.123. The fourth-order valence-electron chi connectivity index (χ4n) is 3.68. The van der Waals surface area contributed by atoms with Crippen molar-refractivity contribution in [2.45, 2.75) is 12.6 Å². The fourth-order valence-corrected chi connectivity index (χ4v) is 4.49. The zero-order chi connectivity index (χ0) is 25.2. The molecule has 2 amide bonds. The van der Waals surface area contributed by atoms with Crippen molar-refractivity contribution < 1.29 is 22.7 Å². The molecule has 1 N–H and O–H groups in total. The number of carbonyl (C=O) groups excluding carboxylic acids is 2. The quantitative estimate of drug-likeness (QED) is 0.544. The van der Waals surface area contributed by atoms with Crippen molar-refractivity contribution in [3.05, 3.63) is 88.9 Å². The molecule has 0 saturated carbocycles. The number of nitrogens with one attached hydrogen (secondary N) is 1. The Morgan fingerprint density at radius 1 is 1.09 bits per heavy atom. The lowest BCUT2D eigenvalue weighted by molar-refractivity contribution is -0.128. The molecule has 0 saturated heterocycles. The van der Waals surface area contributed by atoms with Crippen molar-refractivity contribution in [2.24, 2.45) is 0 Å². The second kappa shape index (κ2) is 9.97. The number of fused-ring (bicyclic) bond motifs is 1. The normalized spacial score (nSPS) is 15.1. The molecular weight excluding hydrogens is 490 g/mol. The molecule has 35 heavy (non-hydrogen) atoms. The second-order valence-corrected chi connectivity index (χ2v) is 10.5. The Hall–Kier alpha value is -3.56. The van der Waals surface area contributed by atoms with Crippen molar-refractivity contribution in [1.82, 2.24) is 5.32 Å². The third-order valence-corrected chi connectivity index (χ3v) is 7.16. The van der Waals surface area contributed by atoms with E-state index in [-0.39, 0.29) is 28.7 Å². The highest BCUT2D eigenvalue weighted by Gasteiger charge is 2.34. The Kier molecular flexibility index (Phi) is 7.00. The molecule has 0 aliphatic carbocycles. The predicted molar refractivity (Wildman–Crippen MR) is 136 cm³/mol. The van der Waals surface area contributed by atoms with Gasteiger partial charge in [0.25, 0.3) is 11.8 Å². The van der Waals surface area contributed by atoms with Crippen LogP contribution >= 0.6 is 11.6 Å². The minimum atomic E-state index is -3.59. The number of sulfonamides is 1. The Morgan fingerprint density at radius 2 is 1.77 bits per heavy atom. The minimum Gasteiger partial charge on any atom is -0.477 e. The Morgan fingerprint density at radius 3 is 2.49 bits per heavy atom. The summed E-state index contributed by atoms with van der Waals surface area (Å²) in [5.41, 5.74) is 1.85. The Labute approximate surface area is 209 Å². The van der Waals surface area contributed by atoms with Crippen LogP contribution in [0.15, 0.2) is 72.8 Å². The lowest BCUT2D eigenvalue weighted by Crippen LogP contribution is -2.50. The van der Waals surface area contributed by atoms with Gasteiger partial charge >= 0.3 is 0 Å². The molecule has 1 unspecified atom stereocenters. The molecule has 8 nitrogen and oxygen atoms in total. The van der Waals surface area contributed by atoms with Gasteiger partial charge in [0.2, 0.25) is 10.0 Å². The van der Waals surface area contributed by atoms with Crippen LogP contribution in [-0.2, 0) is 21.4 Å². The van der Waals surface area contributed by atoms with Gasteiger partial charge in [-0.15, -0.1) is 0 Å². The molecule has 3 aromatic rings. The fraction of sp³-hybridized carbons (Fsp3) is 0.200. The van der Waals surface area contributed by atoms with E-state index in [0.717, 1.165) is 16.1 Å².